The minimum absolute atomic E-state index is 0.0324. The average Bonchev–Trinajstić information content (AvgIpc) is 2.58. The highest BCUT2D eigenvalue weighted by molar-refractivity contribution is 8.15. The van der Waals surface area contributed by atoms with Crippen molar-refractivity contribution < 1.29 is 4.79 Å². The molecule has 1 N–H and O–H groups in total. The number of nitrogens with zero attached hydrogens (tertiary/aromatic N) is 1. The van der Waals surface area contributed by atoms with E-state index in [1.54, 1.807) is 0 Å². The molecule has 0 atom stereocenters. The van der Waals surface area contributed by atoms with E-state index in [0.717, 1.165) is 16.8 Å². The summed E-state index contributed by atoms with van der Waals surface area (Å²) in [5, 5.41) is 3.44. The van der Waals surface area contributed by atoms with Gasteiger partial charge in [0.25, 0.3) is 0 Å². The van der Waals surface area contributed by atoms with Crippen LogP contribution in [0.2, 0.25) is 0 Å². The number of hydrogen-bond donors (Lipinski definition) is 1. The highest BCUT2D eigenvalue weighted by atomic mass is 32.2. The van der Waals surface area contributed by atoms with E-state index in [-0.39, 0.29) is 5.91 Å². The largest absolute Gasteiger partial charge is 0.304 e. The highest BCUT2D eigenvalue weighted by Crippen LogP contribution is 2.25. The van der Waals surface area contributed by atoms with Gasteiger partial charge >= 0.3 is 0 Å². The summed E-state index contributed by atoms with van der Waals surface area (Å²) in [6.45, 7) is 4.04. The molecule has 78 valence electrons. The monoisotopic (exact) mass is 220 g/mol. The Morgan fingerprint density at radius 3 is 2.53 bits per heavy atom. The molecular formula is C11H12N2OS. The number of benzene rings is 1. The number of para-hydroxylation sites is 1. The van der Waals surface area contributed by atoms with Crippen LogP contribution in [0.25, 0.3) is 0 Å². The summed E-state index contributed by atoms with van der Waals surface area (Å²) < 4.78 is 0. The fraction of sp³-hybridized carbons (Fsp3) is 0.273. The third-order valence-electron chi connectivity index (χ3n) is 2.24. The summed E-state index contributed by atoms with van der Waals surface area (Å²) in [5.74, 6) is 0.508. The zero-order chi connectivity index (χ0) is 10.8. The summed E-state index contributed by atoms with van der Waals surface area (Å²) in [7, 11) is 0. The molecule has 0 radical (unpaired) electrons. The van der Waals surface area contributed by atoms with Crippen LogP contribution >= 0.6 is 11.8 Å². The van der Waals surface area contributed by atoms with Crippen molar-refractivity contribution in [2.24, 2.45) is 4.99 Å². The van der Waals surface area contributed by atoms with E-state index < -0.39 is 0 Å². The number of aryl methyl sites for hydroxylation is 2. The summed E-state index contributed by atoms with van der Waals surface area (Å²) in [6, 6.07) is 6.05. The first-order chi connectivity index (χ1) is 7.16. The summed E-state index contributed by atoms with van der Waals surface area (Å²) >= 11 is 1.45. The molecule has 1 saturated heterocycles. The Kier molecular flexibility index (Phi) is 2.77. The van der Waals surface area contributed by atoms with Gasteiger partial charge in [-0.1, -0.05) is 30.0 Å². The van der Waals surface area contributed by atoms with E-state index in [0.29, 0.717) is 10.9 Å². The molecule has 1 aromatic rings. The van der Waals surface area contributed by atoms with Crippen LogP contribution in [0.3, 0.4) is 0 Å². The minimum atomic E-state index is 0.0324. The second-order valence-corrected chi connectivity index (χ2v) is 4.46. The Labute approximate surface area is 93.0 Å². The number of carbonyl (C=O) groups is 1. The van der Waals surface area contributed by atoms with Gasteiger partial charge in [-0.25, -0.2) is 4.99 Å². The zero-order valence-corrected chi connectivity index (χ0v) is 9.52. The Morgan fingerprint density at radius 1 is 1.33 bits per heavy atom. The van der Waals surface area contributed by atoms with Gasteiger partial charge in [-0.05, 0) is 25.0 Å². The average molecular weight is 220 g/mol. The zero-order valence-electron chi connectivity index (χ0n) is 8.70. The quantitative estimate of drug-likeness (QED) is 0.788. The minimum Gasteiger partial charge on any atom is -0.304 e. The molecular weight excluding hydrogens is 208 g/mol. The van der Waals surface area contributed by atoms with E-state index in [1.807, 2.05) is 32.0 Å². The van der Waals surface area contributed by atoms with Crippen molar-refractivity contribution in [1.29, 1.82) is 0 Å². The third-order valence-corrected chi connectivity index (χ3v) is 3.11. The number of aliphatic imine (C=N–C) groups is 1. The number of nitrogens with one attached hydrogen (secondary N) is 1. The Morgan fingerprint density at radius 2 is 2.00 bits per heavy atom. The molecule has 2 rings (SSSR count). The van der Waals surface area contributed by atoms with Crippen LogP contribution in [0, 0.1) is 13.8 Å². The predicted molar refractivity (Wildman–Crippen MR) is 63.6 cm³/mol. The fourth-order valence-electron chi connectivity index (χ4n) is 1.47. The lowest BCUT2D eigenvalue weighted by molar-refractivity contribution is -0.116. The van der Waals surface area contributed by atoms with Gasteiger partial charge in [-0.3, -0.25) is 4.79 Å². The van der Waals surface area contributed by atoms with Crippen LogP contribution in [0.1, 0.15) is 11.1 Å². The lowest BCUT2D eigenvalue weighted by Gasteiger charge is -2.04. The van der Waals surface area contributed by atoms with Gasteiger partial charge < -0.3 is 5.32 Å². The highest BCUT2D eigenvalue weighted by Gasteiger charge is 2.16. The maximum Gasteiger partial charge on any atom is 0.236 e. The van der Waals surface area contributed by atoms with Crippen molar-refractivity contribution in [2.45, 2.75) is 13.8 Å². The second-order valence-electron chi connectivity index (χ2n) is 3.49. The molecule has 4 heteroatoms. The van der Waals surface area contributed by atoms with Crippen LogP contribution in [0.15, 0.2) is 23.2 Å². The molecule has 1 aliphatic heterocycles. The number of amides is 1. The fourth-order valence-corrected chi connectivity index (χ4v) is 2.15. The molecule has 0 bridgehead atoms. The number of hydrogen-bond acceptors (Lipinski definition) is 3. The number of thioether (sulfide) groups is 1. The number of carbonyl (C=O) groups excluding carboxylic acids is 1. The van der Waals surface area contributed by atoms with Gasteiger partial charge in [0.05, 0.1) is 11.4 Å². The molecule has 0 saturated carbocycles. The van der Waals surface area contributed by atoms with Gasteiger partial charge in [0, 0.05) is 0 Å². The van der Waals surface area contributed by atoms with Crippen LogP contribution in [0.5, 0.6) is 0 Å². The molecule has 1 heterocycles. The first-order valence-corrected chi connectivity index (χ1v) is 5.73. The number of rotatable bonds is 1. The molecule has 1 amide bonds. The molecule has 0 aromatic heterocycles. The standard InChI is InChI=1S/C11H12N2OS/c1-7-4-3-5-8(2)10(7)13-11-12-9(14)6-15-11/h3-5H,6H2,1-2H3,(H,12,13,14). The van der Waals surface area contributed by atoms with E-state index in [1.165, 1.54) is 11.8 Å². The SMILES string of the molecule is Cc1cccc(C)c1N=C1NC(=O)CS1. The molecule has 0 unspecified atom stereocenters. The first kappa shape index (κ1) is 10.2. The molecule has 0 spiro atoms. The van der Waals surface area contributed by atoms with Crippen LogP contribution in [0.4, 0.5) is 5.69 Å². The third kappa shape index (κ3) is 2.21. The molecule has 1 aromatic carbocycles. The van der Waals surface area contributed by atoms with E-state index >= 15 is 0 Å². The molecule has 3 nitrogen and oxygen atoms in total. The maximum absolute atomic E-state index is 11.0. The van der Waals surface area contributed by atoms with E-state index in [9.17, 15) is 4.79 Å². The van der Waals surface area contributed by atoms with E-state index in [2.05, 4.69) is 10.3 Å². The number of amidine groups is 1. The predicted octanol–water partition coefficient (Wildman–Crippen LogP) is 2.15. The van der Waals surface area contributed by atoms with Gasteiger partial charge in [-0.2, -0.15) is 0 Å². The van der Waals surface area contributed by atoms with Gasteiger partial charge in [0.15, 0.2) is 5.17 Å². The summed E-state index contributed by atoms with van der Waals surface area (Å²) in [6.07, 6.45) is 0. The van der Waals surface area contributed by atoms with Gasteiger partial charge in [-0.15, -0.1) is 0 Å². The Bertz CT molecular complexity index is 420. The van der Waals surface area contributed by atoms with Gasteiger partial charge in [0.1, 0.15) is 0 Å². The topological polar surface area (TPSA) is 41.5 Å². The normalized spacial score (nSPS) is 18.3. The molecule has 0 aliphatic carbocycles. The van der Waals surface area contributed by atoms with Crippen molar-refractivity contribution >= 4 is 28.5 Å². The van der Waals surface area contributed by atoms with Crippen molar-refractivity contribution in [1.82, 2.24) is 5.32 Å². The van der Waals surface area contributed by atoms with Crippen molar-refractivity contribution in [3.05, 3.63) is 29.3 Å². The van der Waals surface area contributed by atoms with Crippen LogP contribution in [-0.2, 0) is 4.79 Å². The van der Waals surface area contributed by atoms with Crippen molar-refractivity contribution in [3.8, 4) is 0 Å². The molecule has 1 fully saturated rings. The summed E-state index contributed by atoms with van der Waals surface area (Å²) in [5.41, 5.74) is 3.22. The maximum atomic E-state index is 11.0. The lowest BCUT2D eigenvalue weighted by Crippen LogP contribution is -2.19. The smallest absolute Gasteiger partial charge is 0.236 e. The van der Waals surface area contributed by atoms with Crippen LogP contribution in [-0.4, -0.2) is 16.8 Å². The second kappa shape index (κ2) is 4.06. The lowest BCUT2D eigenvalue weighted by atomic mass is 10.1. The first-order valence-electron chi connectivity index (χ1n) is 4.74. The molecule has 15 heavy (non-hydrogen) atoms. The van der Waals surface area contributed by atoms with Crippen molar-refractivity contribution in [3.63, 3.8) is 0 Å². The van der Waals surface area contributed by atoms with Crippen molar-refractivity contribution in [2.75, 3.05) is 5.75 Å². The Balaban J connectivity index is 2.35. The Hall–Kier alpha value is -1.29. The molecule has 1 aliphatic rings. The van der Waals surface area contributed by atoms with E-state index in [4.69, 9.17) is 0 Å². The van der Waals surface area contributed by atoms with Crippen LogP contribution < -0.4 is 5.32 Å². The summed E-state index contributed by atoms with van der Waals surface area (Å²) in [4.78, 5) is 15.5. The van der Waals surface area contributed by atoms with Gasteiger partial charge in [0.2, 0.25) is 5.91 Å².